The number of hydrogen-bond donors (Lipinski definition) is 2. The Balaban J connectivity index is 1.91. The van der Waals surface area contributed by atoms with Crippen LogP contribution in [0.15, 0.2) is 72.8 Å². The second kappa shape index (κ2) is 7.69. The number of benzene rings is 2. The van der Waals surface area contributed by atoms with Gasteiger partial charge in [-0.15, -0.1) is 0 Å². The molecule has 2 aromatic carbocycles. The Morgan fingerprint density at radius 2 is 1.52 bits per heavy atom. The molecule has 1 atom stereocenters. The molecule has 0 aliphatic carbocycles. The molecule has 0 radical (unpaired) electrons. The minimum atomic E-state index is -2.86. The Hall–Kier alpha value is -1.68. The molecule has 1 aliphatic heterocycles. The summed E-state index contributed by atoms with van der Waals surface area (Å²) in [6.45, 7) is 5.46. The third kappa shape index (κ3) is 3.79. The molecule has 3 heteroatoms. The van der Waals surface area contributed by atoms with Crippen molar-refractivity contribution in [1.82, 2.24) is 5.32 Å². The summed E-state index contributed by atoms with van der Waals surface area (Å²) in [7, 11) is -2.86. The van der Waals surface area contributed by atoms with Crippen LogP contribution in [-0.4, -0.2) is 25.7 Å². The van der Waals surface area contributed by atoms with Crippen molar-refractivity contribution in [3.05, 3.63) is 72.8 Å². The third-order valence-electron chi connectivity index (χ3n) is 5.59. The van der Waals surface area contributed by atoms with Gasteiger partial charge in [0.05, 0.1) is 0 Å². The average molecular weight is 352 g/mol. The molecule has 0 bridgehead atoms. The van der Waals surface area contributed by atoms with Crippen LogP contribution in [0.25, 0.3) is 0 Å². The van der Waals surface area contributed by atoms with Crippen LogP contribution in [0.1, 0.15) is 33.1 Å². The molecule has 0 saturated carbocycles. The zero-order valence-corrected chi connectivity index (χ0v) is 16.3. The summed E-state index contributed by atoms with van der Waals surface area (Å²) < 4.78 is 0. The summed E-state index contributed by atoms with van der Waals surface area (Å²) in [5, 5.41) is 5.61. The first kappa shape index (κ1) is 18.1. The van der Waals surface area contributed by atoms with E-state index in [1.54, 1.807) is 0 Å². The van der Waals surface area contributed by atoms with Crippen LogP contribution in [0.2, 0.25) is 5.04 Å². The van der Waals surface area contributed by atoms with Crippen LogP contribution in [0.5, 0.6) is 0 Å². The molecule has 25 heavy (non-hydrogen) atoms. The van der Waals surface area contributed by atoms with Gasteiger partial charge in [0.25, 0.3) is 8.32 Å². The van der Waals surface area contributed by atoms with Crippen molar-refractivity contribution in [2.75, 3.05) is 6.54 Å². The molecule has 0 aromatic heterocycles. The van der Waals surface area contributed by atoms with Gasteiger partial charge in [0.1, 0.15) is 0 Å². The summed E-state index contributed by atoms with van der Waals surface area (Å²) in [5.41, 5.74) is 0. The summed E-state index contributed by atoms with van der Waals surface area (Å²) in [5.74, 6) is 0. The molecule has 0 unspecified atom stereocenters. The monoisotopic (exact) mass is 351 g/mol. The fourth-order valence-corrected chi connectivity index (χ4v) is 7.66. The van der Waals surface area contributed by atoms with Crippen LogP contribution in [0, 0.1) is 0 Å². The van der Waals surface area contributed by atoms with Crippen molar-refractivity contribution in [2.24, 2.45) is 0 Å². The highest BCUT2D eigenvalue weighted by atomic mass is 28.4. The van der Waals surface area contributed by atoms with Gasteiger partial charge < -0.3 is 10.1 Å². The van der Waals surface area contributed by atoms with Crippen LogP contribution >= 0.6 is 0 Å². The second-order valence-electron chi connectivity index (χ2n) is 7.68. The number of nitrogens with one attached hydrogen (secondary N) is 1. The molecule has 2 nitrogen and oxygen atoms in total. The lowest BCUT2D eigenvalue weighted by Crippen LogP contribution is -2.65. The fourth-order valence-electron chi connectivity index (χ4n) is 3.90. The van der Waals surface area contributed by atoms with Crippen LogP contribution in [0.3, 0.4) is 0 Å². The van der Waals surface area contributed by atoms with Crippen LogP contribution in [0.4, 0.5) is 0 Å². The zero-order chi connectivity index (χ0) is 17.8. The van der Waals surface area contributed by atoms with Gasteiger partial charge >= 0.3 is 0 Å². The maximum Gasteiger partial charge on any atom is 0.258 e. The van der Waals surface area contributed by atoms with Crippen LogP contribution in [-0.2, 0) is 0 Å². The number of hydrogen-bond acceptors (Lipinski definition) is 2. The van der Waals surface area contributed by atoms with Crippen molar-refractivity contribution in [3.63, 3.8) is 0 Å². The van der Waals surface area contributed by atoms with Crippen molar-refractivity contribution >= 4 is 18.7 Å². The van der Waals surface area contributed by atoms with E-state index in [0.29, 0.717) is 6.04 Å². The molecule has 1 heterocycles. The highest BCUT2D eigenvalue weighted by Crippen LogP contribution is 2.40. The van der Waals surface area contributed by atoms with Gasteiger partial charge in [-0.25, -0.2) is 0 Å². The Morgan fingerprint density at radius 3 is 2.00 bits per heavy atom. The smallest absolute Gasteiger partial charge is 0.258 e. The van der Waals surface area contributed by atoms with Crippen molar-refractivity contribution in [1.29, 1.82) is 0 Å². The molecule has 3 rings (SSSR count). The fraction of sp³-hybridized carbons (Fsp3) is 0.364. The van der Waals surface area contributed by atoms with E-state index in [2.05, 4.69) is 55.6 Å². The van der Waals surface area contributed by atoms with E-state index in [1.807, 2.05) is 36.4 Å². The van der Waals surface area contributed by atoms with Gasteiger partial charge in [0.15, 0.2) is 0 Å². The summed E-state index contributed by atoms with van der Waals surface area (Å²) in [6.07, 6.45) is 7.65. The van der Waals surface area contributed by atoms with Gasteiger partial charge in [0, 0.05) is 12.6 Å². The molecule has 1 aliphatic rings. The lowest BCUT2D eigenvalue weighted by molar-refractivity contribution is 0.408. The largest absolute Gasteiger partial charge is 0.424 e. The molecule has 2 N–H and O–H groups in total. The van der Waals surface area contributed by atoms with E-state index in [1.165, 1.54) is 0 Å². The molecular weight excluding hydrogens is 322 g/mol. The molecule has 132 valence electrons. The Bertz CT molecular complexity index is 657. The summed E-state index contributed by atoms with van der Waals surface area (Å²) >= 11 is 0. The van der Waals surface area contributed by atoms with Gasteiger partial charge in [0.2, 0.25) is 0 Å². The van der Waals surface area contributed by atoms with Crippen LogP contribution < -0.4 is 15.7 Å². The predicted octanol–water partition coefficient (Wildman–Crippen LogP) is 3.22. The van der Waals surface area contributed by atoms with E-state index >= 15 is 0 Å². The first-order valence-corrected chi connectivity index (χ1v) is 11.2. The lowest BCUT2D eigenvalue weighted by atomic mass is 9.99. The standard InChI is InChI=1S/C22H29NOSi/c1-22(2,17-16-19-11-9-10-18-23-19)25(24,20-12-5-3-6-13-20)21-14-7-4-8-15-21/h3-10,12-15,19,23-24H,11,16-18H2,1-2H3/t19-/m0/s1. The minimum Gasteiger partial charge on any atom is -0.424 e. The maximum absolute atomic E-state index is 12.1. The average Bonchev–Trinajstić information content (AvgIpc) is 2.68. The van der Waals surface area contributed by atoms with E-state index < -0.39 is 8.32 Å². The van der Waals surface area contributed by atoms with Crippen molar-refractivity contribution in [2.45, 2.75) is 44.2 Å². The zero-order valence-electron chi connectivity index (χ0n) is 15.3. The SMILES string of the molecule is CC(C)(CC[C@@H]1CC=CCN1)[Si](O)(c1ccccc1)c1ccccc1. The van der Waals surface area contributed by atoms with Crippen molar-refractivity contribution < 1.29 is 4.80 Å². The normalized spacial score (nSPS) is 18.3. The number of rotatable bonds is 6. The second-order valence-corrected chi connectivity index (χ2v) is 11.6. The van der Waals surface area contributed by atoms with E-state index in [-0.39, 0.29) is 5.04 Å². The predicted molar refractivity (Wildman–Crippen MR) is 109 cm³/mol. The Kier molecular flexibility index (Phi) is 5.57. The highest BCUT2D eigenvalue weighted by Gasteiger charge is 2.49. The third-order valence-corrected chi connectivity index (χ3v) is 10.1. The molecule has 0 spiro atoms. The van der Waals surface area contributed by atoms with E-state index in [4.69, 9.17) is 0 Å². The van der Waals surface area contributed by atoms with E-state index in [0.717, 1.165) is 36.2 Å². The molecule has 0 amide bonds. The molecule has 2 aromatic rings. The summed E-state index contributed by atoms with van der Waals surface area (Å²) in [6, 6.07) is 21.1. The van der Waals surface area contributed by atoms with E-state index in [9.17, 15) is 4.80 Å². The maximum atomic E-state index is 12.1. The van der Waals surface area contributed by atoms with Crippen molar-refractivity contribution in [3.8, 4) is 0 Å². The lowest BCUT2D eigenvalue weighted by Gasteiger charge is -2.42. The first-order valence-electron chi connectivity index (χ1n) is 9.26. The van der Waals surface area contributed by atoms with Gasteiger partial charge in [-0.2, -0.15) is 0 Å². The molecule has 0 fully saturated rings. The van der Waals surface area contributed by atoms with Gasteiger partial charge in [-0.1, -0.05) is 86.7 Å². The minimum absolute atomic E-state index is 0.154. The molecular formula is C22H29NOSi. The van der Waals surface area contributed by atoms with Gasteiger partial charge in [-0.3, -0.25) is 0 Å². The molecule has 0 saturated heterocycles. The van der Waals surface area contributed by atoms with Gasteiger partial charge in [-0.05, 0) is 34.7 Å². The highest BCUT2D eigenvalue weighted by molar-refractivity contribution is 6.98. The topological polar surface area (TPSA) is 32.3 Å². The Morgan fingerprint density at radius 1 is 0.960 bits per heavy atom. The quantitative estimate of drug-likeness (QED) is 0.619. The summed E-state index contributed by atoms with van der Waals surface area (Å²) in [4.78, 5) is 12.1. The first-order chi connectivity index (χ1) is 12.0. The Labute approximate surface area is 152 Å².